The number of carboxylic acid groups (broad SMARTS) is 1. The highest BCUT2D eigenvalue weighted by molar-refractivity contribution is 5.76. The molecule has 0 aromatic rings. The van der Waals surface area contributed by atoms with E-state index in [1.165, 1.54) is 39.0 Å². The number of methoxy groups -OCH3 is 1. The van der Waals surface area contributed by atoms with E-state index < -0.39 is 36.4 Å². The number of hydrogen-bond donors (Lipinski definition) is 2. The second-order valence-electron chi connectivity index (χ2n) is 8.00. The number of esters is 1. The molecule has 1 heterocycles. The topological polar surface area (TPSA) is 134 Å². The van der Waals surface area contributed by atoms with Crippen molar-refractivity contribution in [2.24, 2.45) is 5.73 Å². The average Bonchev–Trinajstić information content (AvgIpc) is 2.77. The number of carbonyl (C=O) groups excluding carboxylic acids is 2. The van der Waals surface area contributed by atoms with E-state index >= 15 is 0 Å². The summed E-state index contributed by atoms with van der Waals surface area (Å²) in [6.07, 6.45) is 2.34. The number of ketones is 1. The number of ether oxygens (including phenoxy) is 4. The Labute approximate surface area is 198 Å². The average molecular weight is 502 g/mol. The van der Waals surface area contributed by atoms with Gasteiger partial charge < -0.3 is 29.8 Å². The van der Waals surface area contributed by atoms with Crippen LogP contribution in [0.2, 0.25) is 0 Å². The first kappa shape index (κ1) is 32.2. The van der Waals surface area contributed by atoms with Crippen molar-refractivity contribution in [3.63, 3.8) is 0 Å². The number of hydrogen-bond acceptors (Lipinski definition) is 8. The largest absolute Gasteiger partial charge is 0.490 e. The number of halogens is 3. The number of Topliss-reactive ketones (excluding diaryl/α,β-unsaturated/α-hetero) is 1. The van der Waals surface area contributed by atoms with Gasteiger partial charge in [0.25, 0.3) is 0 Å². The van der Waals surface area contributed by atoms with Gasteiger partial charge in [0.1, 0.15) is 18.8 Å². The van der Waals surface area contributed by atoms with Gasteiger partial charge in [0.2, 0.25) is 0 Å². The number of unbranched alkanes of at least 4 members (excludes halogenated alkanes) is 6. The molecule has 0 amide bonds. The molecule has 0 aliphatic carbocycles. The predicted octanol–water partition coefficient (Wildman–Crippen LogP) is 3.02. The van der Waals surface area contributed by atoms with Gasteiger partial charge in [-0.2, -0.15) is 13.2 Å². The van der Waals surface area contributed by atoms with Gasteiger partial charge in [-0.1, -0.05) is 51.9 Å². The highest BCUT2D eigenvalue weighted by atomic mass is 19.4. The molecule has 12 heteroatoms. The van der Waals surface area contributed by atoms with Crippen molar-refractivity contribution in [1.82, 2.24) is 0 Å². The number of alkyl halides is 3. The lowest BCUT2D eigenvalue weighted by Crippen LogP contribution is -2.56. The molecule has 9 nitrogen and oxygen atoms in total. The van der Waals surface area contributed by atoms with Crippen LogP contribution in [0.1, 0.15) is 65.2 Å². The Bertz CT molecular complexity index is 603. The summed E-state index contributed by atoms with van der Waals surface area (Å²) in [5.74, 6) is -3.33. The minimum Gasteiger partial charge on any atom is -0.475 e. The van der Waals surface area contributed by atoms with Gasteiger partial charge in [0.05, 0.1) is 19.3 Å². The molecule has 1 saturated heterocycles. The number of rotatable bonds is 14. The van der Waals surface area contributed by atoms with Gasteiger partial charge in [-0.15, -0.1) is 0 Å². The predicted molar refractivity (Wildman–Crippen MR) is 116 cm³/mol. The Morgan fingerprint density at radius 2 is 1.62 bits per heavy atom. The Morgan fingerprint density at radius 3 is 2.09 bits per heavy atom. The van der Waals surface area contributed by atoms with Crippen molar-refractivity contribution in [2.75, 3.05) is 26.9 Å². The zero-order valence-electron chi connectivity index (χ0n) is 20.1. The molecule has 200 valence electrons. The van der Waals surface area contributed by atoms with Gasteiger partial charge in [-0.3, -0.25) is 9.59 Å². The van der Waals surface area contributed by atoms with Crippen LogP contribution in [0.5, 0.6) is 0 Å². The molecule has 0 radical (unpaired) electrons. The van der Waals surface area contributed by atoms with Gasteiger partial charge in [-0.25, -0.2) is 4.79 Å². The van der Waals surface area contributed by atoms with Crippen LogP contribution in [-0.4, -0.2) is 80.3 Å². The third-order valence-electron chi connectivity index (χ3n) is 5.07. The fraction of sp³-hybridized carbons (Fsp3) is 0.864. The molecule has 3 N–H and O–H groups in total. The minimum absolute atomic E-state index is 0.0200. The summed E-state index contributed by atoms with van der Waals surface area (Å²) in [6, 6.07) is 0. The van der Waals surface area contributed by atoms with Crippen molar-refractivity contribution in [1.29, 1.82) is 0 Å². The molecule has 0 aromatic heterocycles. The summed E-state index contributed by atoms with van der Waals surface area (Å²) in [5, 5.41) is 7.12. The number of carboxylic acids is 1. The third-order valence-corrected chi connectivity index (χ3v) is 5.07. The van der Waals surface area contributed by atoms with Crippen LogP contribution < -0.4 is 5.73 Å². The van der Waals surface area contributed by atoms with Gasteiger partial charge in [0.15, 0.2) is 11.9 Å². The van der Waals surface area contributed by atoms with Crippen molar-refractivity contribution in [3.8, 4) is 0 Å². The van der Waals surface area contributed by atoms with Crippen molar-refractivity contribution in [3.05, 3.63) is 0 Å². The van der Waals surface area contributed by atoms with Crippen LogP contribution in [0.3, 0.4) is 0 Å². The SMILES string of the molecule is CCCCCCCCC[C@@H]1OC[C@@H](OCC(C)=O)[C@H](OC)[C@@H]1OC(=O)CN.O=C(O)C(F)(F)F. The molecule has 0 spiro atoms. The maximum Gasteiger partial charge on any atom is 0.490 e. The third kappa shape index (κ3) is 13.8. The molecule has 1 fully saturated rings. The molecule has 0 bridgehead atoms. The first-order valence-corrected chi connectivity index (χ1v) is 11.4. The standard InChI is InChI=1S/C20H37NO6.C2HF3O2/c1-4-5-6-7-8-9-10-11-16-20(27-18(23)12-21)19(24-3)17(14-26-16)25-13-15(2)22;3-2(4,5)1(6)7/h16-17,19-20H,4-14,21H2,1-3H3;(H,6,7)/t16-,17+,19-,20+;/m0./s1. The lowest BCUT2D eigenvalue weighted by Gasteiger charge is -2.41. The zero-order valence-corrected chi connectivity index (χ0v) is 20.1. The summed E-state index contributed by atoms with van der Waals surface area (Å²) in [7, 11) is 1.55. The van der Waals surface area contributed by atoms with Crippen LogP contribution in [0.25, 0.3) is 0 Å². The number of carbonyl (C=O) groups is 3. The van der Waals surface area contributed by atoms with E-state index in [4.69, 9.17) is 34.6 Å². The van der Waals surface area contributed by atoms with E-state index in [0.717, 1.165) is 19.3 Å². The summed E-state index contributed by atoms with van der Waals surface area (Å²) < 4.78 is 54.3. The highest BCUT2D eigenvalue weighted by Crippen LogP contribution is 2.27. The fourth-order valence-electron chi connectivity index (χ4n) is 3.38. The summed E-state index contributed by atoms with van der Waals surface area (Å²) in [6.45, 7) is 3.76. The molecule has 1 aliphatic heterocycles. The highest BCUT2D eigenvalue weighted by Gasteiger charge is 2.43. The molecule has 4 atom stereocenters. The second kappa shape index (κ2) is 17.6. The Balaban J connectivity index is 0.00000135. The quantitative estimate of drug-likeness (QED) is 0.272. The lowest BCUT2D eigenvalue weighted by atomic mass is 9.95. The molecular weight excluding hydrogens is 463 g/mol. The smallest absolute Gasteiger partial charge is 0.475 e. The molecule has 1 rings (SSSR count). The molecule has 34 heavy (non-hydrogen) atoms. The first-order valence-electron chi connectivity index (χ1n) is 11.4. The fourth-order valence-corrected chi connectivity index (χ4v) is 3.38. The lowest BCUT2D eigenvalue weighted by molar-refractivity contribution is -0.223. The zero-order chi connectivity index (χ0) is 26.1. The van der Waals surface area contributed by atoms with Crippen LogP contribution >= 0.6 is 0 Å². The maximum atomic E-state index is 11.8. The van der Waals surface area contributed by atoms with Crippen LogP contribution in [-0.2, 0) is 33.3 Å². The number of nitrogens with two attached hydrogens (primary N) is 1. The van der Waals surface area contributed by atoms with E-state index in [1.54, 1.807) is 7.11 Å². The van der Waals surface area contributed by atoms with E-state index in [1.807, 2.05) is 0 Å². The van der Waals surface area contributed by atoms with Crippen LogP contribution in [0.4, 0.5) is 13.2 Å². The van der Waals surface area contributed by atoms with Crippen molar-refractivity contribution < 1.29 is 51.6 Å². The molecule has 0 saturated carbocycles. The van der Waals surface area contributed by atoms with E-state index in [2.05, 4.69) is 6.92 Å². The van der Waals surface area contributed by atoms with Gasteiger partial charge >= 0.3 is 18.1 Å². The second-order valence-corrected chi connectivity index (χ2v) is 8.00. The minimum atomic E-state index is -5.08. The van der Waals surface area contributed by atoms with E-state index in [0.29, 0.717) is 6.61 Å². The Kier molecular flexibility index (Phi) is 16.7. The molecular formula is C22H38F3NO8. The van der Waals surface area contributed by atoms with Gasteiger partial charge in [-0.05, 0) is 13.3 Å². The normalized spacial score (nSPS) is 22.4. The number of aliphatic carboxylic acids is 1. The maximum absolute atomic E-state index is 11.8. The molecule has 1 aliphatic rings. The van der Waals surface area contributed by atoms with Crippen molar-refractivity contribution in [2.45, 2.75) is 95.8 Å². The van der Waals surface area contributed by atoms with Gasteiger partial charge in [0, 0.05) is 7.11 Å². The van der Waals surface area contributed by atoms with Crippen LogP contribution in [0, 0.1) is 0 Å². The Morgan fingerprint density at radius 1 is 1.06 bits per heavy atom. The van der Waals surface area contributed by atoms with E-state index in [9.17, 15) is 22.8 Å². The summed E-state index contributed by atoms with van der Waals surface area (Å²) in [5.41, 5.74) is 5.40. The summed E-state index contributed by atoms with van der Waals surface area (Å²) in [4.78, 5) is 31.9. The molecule has 0 unspecified atom stereocenters. The van der Waals surface area contributed by atoms with E-state index in [-0.39, 0.29) is 25.0 Å². The Hall–Kier alpha value is -1.76. The van der Waals surface area contributed by atoms with Crippen LogP contribution in [0.15, 0.2) is 0 Å². The monoisotopic (exact) mass is 501 g/mol. The van der Waals surface area contributed by atoms with Crippen molar-refractivity contribution >= 4 is 17.7 Å². The molecule has 0 aromatic carbocycles. The summed E-state index contributed by atoms with van der Waals surface area (Å²) >= 11 is 0. The first-order chi connectivity index (χ1) is 16.0.